The Bertz CT molecular complexity index is 1210. The van der Waals surface area contributed by atoms with Crippen molar-refractivity contribution in [2.75, 3.05) is 18.1 Å². The van der Waals surface area contributed by atoms with Crippen LogP contribution in [0.2, 0.25) is 0 Å². The van der Waals surface area contributed by atoms with Gasteiger partial charge in [-0.25, -0.2) is 24.4 Å². The molecule has 1 saturated heterocycles. The second kappa shape index (κ2) is 11.1. The van der Waals surface area contributed by atoms with Gasteiger partial charge in [0.05, 0.1) is 24.1 Å². The third-order valence-corrected chi connectivity index (χ3v) is 6.35. The average molecular weight is 660 g/mol. The summed E-state index contributed by atoms with van der Waals surface area (Å²) in [7, 11) is 0. The first-order valence-electron chi connectivity index (χ1n) is 12.7. The number of carbonyl (C=O) groups excluding carboxylic acids is 3. The highest BCUT2D eigenvalue weighted by Crippen LogP contribution is 2.37. The third-order valence-electron chi connectivity index (χ3n) is 5.53. The molecule has 1 aliphatic heterocycles. The first-order chi connectivity index (χ1) is 17.8. The first kappa shape index (κ1) is 30.9. The Morgan fingerprint density at radius 3 is 2.00 bits per heavy atom. The highest BCUT2D eigenvalue weighted by molar-refractivity contribution is 14.1. The van der Waals surface area contributed by atoms with Gasteiger partial charge in [-0.1, -0.05) is 0 Å². The number of hydrogen-bond acceptors (Lipinski definition) is 9. The van der Waals surface area contributed by atoms with Crippen LogP contribution in [0, 0.1) is 3.57 Å². The van der Waals surface area contributed by atoms with Crippen LogP contribution in [-0.2, 0) is 14.2 Å². The van der Waals surface area contributed by atoms with Gasteiger partial charge in [0.25, 0.3) is 0 Å². The normalized spacial score (nSPS) is 18.3. The molecule has 0 bridgehead atoms. The molecule has 0 aromatic carbocycles. The first-order valence-corrected chi connectivity index (χ1v) is 13.8. The fraction of sp³-hybridized carbons (Fsp3) is 0.654. The fourth-order valence-corrected chi connectivity index (χ4v) is 4.93. The van der Waals surface area contributed by atoms with Gasteiger partial charge in [-0.2, -0.15) is 4.90 Å². The van der Waals surface area contributed by atoms with Gasteiger partial charge in [0, 0.05) is 16.3 Å². The Kier molecular flexibility index (Phi) is 8.75. The van der Waals surface area contributed by atoms with Gasteiger partial charge >= 0.3 is 18.3 Å². The summed E-state index contributed by atoms with van der Waals surface area (Å²) >= 11 is 2.09. The van der Waals surface area contributed by atoms with Crippen molar-refractivity contribution in [3.63, 3.8) is 0 Å². The van der Waals surface area contributed by atoms with E-state index in [9.17, 15) is 19.5 Å². The second-order valence-corrected chi connectivity index (χ2v) is 13.6. The van der Waals surface area contributed by atoms with E-state index in [0.717, 1.165) is 4.90 Å². The predicted octanol–water partition coefficient (Wildman–Crippen LogP) is 5.26. The number of rotatable bonds is 3. The molecule has 3 amide bonds. The van der Waals surface area contributed by atoms with Crippen molar-refractivity contribution < 1.29 is 33.7 Å². The standard InChI is InChI=1S/C26H38IN5O7/c1-24(2,3)37-21(34)31-11-15(10-16(31)13-33)30-12-17(27)18-19(30)28-14-29-20(18)32(22(35)38-25(4,5)6)23(36)39-26(7,8)9/h12,14-16,33H,10-11,13H2,1-9H3/t15-,16-/m0/s1. The van der Waals surface area contributed by atoms with Gasteiger partial charge in [0.2, 0.25) is 0 Å². The van der Waals surface area contributed by atoms with E-state index in [0.29, 0.717) is 21.0 Å². The summed E-state index contributed by atoms with van der Waals surface area (Å²) in [4.78, 5) is 50.4. The maximum Gasteiger partial charge on any atom is 0.425 e. The minimum atomic E-state index is -0.933. The van der Waals surface area contributed by atoms with Gasteiger partial charge < -0.3 is 28.8 Å². The number of aromatic nitrogens is 3. The van der Waals surface area contributed by atoms with Crippen LogP contribution in [-0.4, -0.2) is 78.8 Å². The molecule has 216 valence electrons. The Morgan fingerprint density at radius 1 is 0.974 bits per heavy atom. The minimum absolute atomic E-state index is 0.0207. The van der Waals surface area contributed by atoms with Crippen LogP contribution in [0.1, 0.15) is 74.8 Å². The molecule has 2 aromatic rings. The number of anilines is 1. The summed E-state index contributed by atoms with van der Waals surface area (Å²) in [6.45, 7) is 15.6. The molecule has 39 heavy (non-hydrogen) atoms. The lowest BCUT2D eigenvalue weighted by atomic mass is 10.2. The van der Waals surface area contributed by atoms with Crippen molar-refractivity contribution in [3.8, 4) is 0 Å². The summed E-state index contributed by atoms with van der Waals surface area (Å²) in [6, 6.07) is -0.693. The lowest BCUT2D eigenvalue weighted by molar-refractivity contribution is 0.0172. The smallest absolute Gasteiger partial charge is 0.425 e. The molecular formula is C26H38IN5O7. The Hall–Kier alpha value is -2.68. The number of hydrogen-bond donors (Lipinski definition) is 1. The number of fused-ring (bicyclic) bond motifs is 1. The van der Waals surface area contributed by atoms with E-state index in [4.69, 9.17) is 14.2 Å². The fourth-order valence-electron chi connectivity index (χ4n) is 4.15. The van der Waals surface area contributed by atoms with Gasteiger partial charge in [0.1, 0.15) is 28.8 Å². The number of halogens is 1. The number of aliphatic hydroxyl groups excluding tert-OH is 1. The van der Waals surface area contributed by atoms with E-state index in [1.807, 2.05) is 10.8 Å². The molecule has 2 atom stereocenters. The van der Waals surface area contributed by atoms with E-state index in [1.165, 1.54) is 11.2 Å². The van der Waals surface area contributed by atoms with Gasteiger partial charge in [0.15, 0.2) is 5.82 Å². The molecule has 0 saturated carbocycles. The predicted molar refractivity (Wildman–Crippen MR) is 153 cm³/mol. The van der Waals surface area contributed by atoms with Crippen LogP contribution in [0.3, 0.4) is 0 Å². The van der Waals surface area contributed by atoms with Crippen LogP contribution in [0.5, 0.6) is 0 Å². The molecule has 0 aliphatic carbocycles. The number of amides is 3. The van der Waals surface area contributed by atoms with Crippen molar-refractivity contribution >= 4 is 57.7 Å². The summed E-state index contributed by atoms with van der Waals surface area (Å²) in [5.74, 6) is 0.0207. The monoisotopic (exact) mass is 659 g/mol. The molecule has 0 radical (unpaired) electrons. The number of carbonyl (C=O) groups is 3. The van der Waals surface area contributed by atoms with Crippen molar-refractivity contribution in [3.05, 3.63) is 16.1 Å². The summed E-state index contributed by atoms with van der Waals surface area (Å²) in [6.07, 6.45) is 1.16. The molecule has 0 spiro atoms. The van der Waals surface area contributed by atoms with Crippen LogP contribution in [0.25, 0.3) is 11.0 Å². The molecular weight excluding hydrogens is 621 g/mol. The Morgan fingerprint density at radius 2 is 1.51 bits per heavy atom. The van der Waals surface area contributed by atoms with E-state index in [1.54, 1.807) is 62.3 Å². The Balaban J connectivity index is 2.06. The highest BCUT2D eigenvalue weighted by atomic mass is 127. The molecule has 0 unspecified atom stereocenters. The topological polar surface area (TPSA) is 136 Å². The molecule has 13 heteroatoms. The van der Waals surface area contributed by atoms with Gasteiger partial charge in [-0.05, 0) is 91.3 Å². The van der Waals surface area contributed by atoms with Crippen molar-refractivity contribution in [1.29, 1.82) is 0 Å². The number of ether oxygens (including phenoxy) is 3. The molecule has 2 aromatic heterocycles. The summed E-state index contributed by atoms with van der Waals surface area (Å²) in [5, 5.41) is 10.4. The number of imide groups is 1. The van der Waals surface area contributed by atoms with Crippen LogP contribution in [0.15, 0.2) is 12.5 Å². The Labute approximate surface area is 242 Å². The van der Waals surface area contributed by atoms with E-state index >= 15 is 0 Å². The second-order valence-electron chi connectivity index (χ2n) is 12.4. The lowest BCUT2D eigenvalue weighted by Gasteiger charge is -2.28. The average Bonchev–Trinajstić information content (AvgIpc) is 3.32. The van der Waals surface area contributed by atoms with Crippen LogP contribution >= 0.6 is 22.6 Å². The van der Waals surface area contributed by atoms with Crippen molar-refractivity contribution in [2.24, 2.45) is 0 Å². The lowest BCUT2D eigenvalue weighted by Crippen LogP contribution is -2.44. The maximum absolute atomic E-state index is 13.3. The number of likely N-dealkylation sites (tertiary alicyclic amines) is 1. The molecule has 1 N–H and O–H groups in total. The van der Waals surface area contributed by atoms with Gasteiger partial charge in [-0.3, -0.25) is 0 Å². The largest absolute Gasteiger partial charge is 0.444 e. The maximum atomic E-state index is 13.3. The van der Waals surface area contributed by atoms with Crippen molar-refractivity contribution in [2.45, 2.75) is 97.6 Å². The number of nitrogens with zero attached hydrogens (tertiary/aromatic N) is 5. The SMILES string of the molecule is CC(C)(C)OC(=O)N(C(=O)OC(C)(C)C)c1ncnc2c1c(I)cn2[C@H]1C[C@@H](CO)N(C(=O)OC(C)(C)C)C1. The molecule has 3 rings (SSSR count). The summed E-state index contributed by atoms with van der Waals surface area (Å²) < 4.78 is 19.1. The molecule has 1 fully saturated rings. The quantitative estimate of drug-likeness (QED) is 0.346. The highest BCUT2D eigenvalue weighted by Gasteiger charge is 2.40. The zero-order chi connectivity index (χ0) is 29.5. The van der Waals surface area contributed by atoms with Crippen LogP contribution in [0.4, 0.5) is 20.2 Å². The molecule has 1 aliphatic rings. The van der Waals surface area contributed by atoms with Crippen molar-refractivity contribution in [1.82, 2.24) is 19.4 Å². The third kappa shape index (κ3) is 7.50. The van der Waals surface area contributed by atoms with Crippen LogP contribution < -0.4 is 4.90 Å². The molecule has 12 nitrogen and oxygen atoms in total. The van der Waals surface area contributed by atoms with E-state index in [-0.39, 0.29) is 25.0 Å². The zero-order valence-electron chi connectivity index (χ0n) is 23.9. The van der Waals surface area contributed by atoms with E-state index in [2.05, 4.69) is 32.6 Å². The summed E-state index contributed by atoms with van der Waals surface area (Å²) in [5.41, 5.74) is -1.98. The number of aliphatic hydroxyl groups is 1. The zero-order valence-corrected chi connectivity index (χ0v) is 26.1. The molecule has 3 heterocycles. The minimum Gasteiger partial charge on any atom is -0.444 e. The van der Waals surface area contributed by atoms with E-state index < -0.39 is 41.1 Å². The van der Waals surface area contributed by atoms with Gasteiger partial charge in [-0.15, -0.1) is 0 Å².